The second-order valence-corrected chi connectivity index (χ2v) is 8.31. The van der Waals surface area contributed by atoms with Crippen molar-refractivity contribution in [2.45, 2.75) is 6.61 Å². The minimum atomic E-state index is 0.503. The highest BCUT2D eigenvalue weighted by Crippen LogP contribution is 2.30. The van der Waals surface area contributed by atoms with Crippen molar-refractivity contribution in [2.24, 2.45) is 0 Å². The molecule has 0 saturated carbocycles. The molecule has 0 amide bonds. The van der Waals surface area contributed by atoms with Gasteiger partial charge in [-0.25, -0.2) is 0 Å². The molecule has 0 bridgehead atoms. The minimum absolute atomic E-state index is 0.503. The Morgan fingerprint density at radius 1 is 0.750 bits per heavy atom. The lowest BCUT2D eigenvalue weighted by molar-refractivity contribution is 0.306. The molecule has 0 aliphatic carbocycles. The van der Waals surface area contributed by atoms with E-state index < -0.39 is 0 Å². The molecule has 7 nitrogen and oxygen atoms in total. The molecule has 6 aromatic rings. The van der Waals surface area contributed by atoms with E-state index in [0.717, 1.165) is 39.1 Å². The Bertz CT molecular complexity index is 1650. The SMILES string of the molecule is COc1ccc(-c2nnc3c4ccccc4c(Nc4cccc(OCc5ccccc5)c4)nn23)cc1. The van der Waals surface area contributed by atoms with Gasteiger partial charge in [0.25, 0.3) is 0 Å². The number of rotatable bonds is 7. The van der Waals surface area contributed by atoms with Gasteiger partial charge in [0.1, 0.15) is 18.1 Å². The fraction of sp³-hybridized carbons (Fsp3) is 0.0690. The van der Waals surface area contributed by atoms with Crippen LogP contribution in [0.2, 0.25) is 0 Å². The van der Waals surface area contributed by atoms with Crippen molar-refractivity contribution in [1.29, 1.82) is 0 Å². The van der Waals surface area contributed by atoms with Crippen LogP contribution in [0.4, 0.5) is 11.5 Å². The van der Waals surface area contributed by atoms with Gasteiger partial charge >= 0.3 is 0 Å². The molecule has 0 atom stereocenters. The number of hydrogen-bond acceptors (Lipinski definition) is 6. The van der Waals surface area contributed by atoms with Crippen LogP contribution in [0.3, 0.4) is 0 Å². The largest absolute Gasteiger partial charge is 0.497 e. The van der Waals surface area contributed by atoms with Crippen LogP contribution in [0.1, 0.15) is 5.56 Å². The monoisotopic (exact) mass is 473 g/mol. The van der Waals surface area contributed by atoms with E-state index in [1.165, 1.54) is 0 Å². The third kappa shape index (κ3) is 4.18. The summed E-state index contributed by atoms with van der Waals surface area (Å²) in [7, 11) is 1.65. The van der Waals surface area contributed by atoms with Gasteiger partial charge < -0.3 is 14.8 Å². The first-order valence-electron chi connectivity index (χ1n) is 11.6. The highest BCUT2D eigenvalue weighted by atomic mass is 16.5. The van der Waals surface area contributed by atoms with Gasteiger partial charge in [-0.3, -0.25) is 0 Å². The molecule has 0 saturated heterocycles. The molecule has 36 heavy (non-hydrogen) atoms. The Morgan fingerprint density at radius 3 is 2.33 bits per heavy atom. The average molecular weight is 474 g/mol. The number of benzene rings is 4. The number of hydrogen-bond donors (Lipinski definition) is 1. The van der Waals surface area contributed by atoms with Gasteiger partial charge in [-0.1, -0.05) is 60.7 Å². The van der Waals surface area contributed by atoms with Crippen LogP contribution in [0.25, 0.3) is 27.8 Å². The summed E-state index contributed by atoms with van der Waals surface area (Å²) in [6, 6.07) is 33.7. The zero-order valence-electron chi connectivity index (χ0n) is 19.6. The Hall–Kier alpha value is -4.91. The highest BCUT2D eigenvalue weighted by molar-refractivity contribution is 6.01. The number of aromatic nitrogens is 4. The van der Waals surface area contributed by atoms with Crippen LogP contribution in [0, 0.1) is 0 Å². The molecule has 1 N–H and O–H groups in total. The van der Waals surface area contributed by atoms with Crippen molar-refractivity contribution in [1.82, 2.24) is 19.8 Å². The molecule has 2 aromatic heterocycles. The molecule has 0 radical (unpaired) electrons. The van der Waals surface area contributed by atoms with E-state index in [1.807, 2.05) is 103 Å². The molecular formula is C29H23N5O2. The molecule has 0 unspecified atom stereocenters. The average Bonchev–Trinajstić information content (AvgIpc) is 3.37. The number of methoxy groups -OCH3 is 1. The van der Waals surface area contributed by atoms with Crippen LogP contribution >= 0.6 is 0 Å². The molecule has 7 heteroatoms. The van der Waals surface area contributed by atoms with Crippen LogP contribution in [-0.2, 0) is 6.61 Å². The van der Waals surface area contributed by atoms with E-state index in [0.29, 0.717) is 23.9 Å². The maximum absolute atomic E-state index is 6.02. The van der Waals surface area contributed by atoms with Gasteiger partial charge in [-0.2, -0.15) is 4.52 Å². The molecule has 2 heterocycles. The summed E-state index contributed by atoms with van der Waals surface area (Å²) in [4.78, 5) is 0. The number of ether oxygens (including phenoxy) is 2. The van der Waals surface area contributed by atoms with Crippen LogP contribution in [0.5, 0.6) is 11.5 Å². The Labute approximate surface area is 208 Å². The quantitative estimate of drug-likeness (QED) is 0.294. The van der Waals surface area contributed by atoms with Crippen molar-refractivity contribution in [3.8, 4) is 22.9 Å². The summed E-state index contributed by atoms with van der Waals surface area (Å²) < 4.78 is 13.1. The zero-order chi connectivity index (χ0) is 24.3. The maximum atomic E-state index is 6.02. The van der Waals surface area contributed by atoms with E-state index in [1.54, 1.807) is 11.6 Å². The summed E-state index contributed by atoms with van der Waals surface area (Å²) in [6.07, 6.45) is 0. The summed E-state index contributed by atoms with van der Waals surface area (Å²) in [5, 5.41) is 19.2. The van der Waals surface area contributed by atoms with Crippen molar-refractivity contribution < 1.29 is 9.47 Å². The third-order valence-corrected chi connectivity index (χ3v) is 5.96. The predicted molar refractivity (Wildman–Crippen MR) is 141 cm³/mol. The molecule has 0 aliphatic heterocycles. The Morgan fingerprint density at radius 2 is 1.53 bits per heavy atom. The summed E-state index contributed by atoms with van der Waals surface area (Å²) >= 11 is 0. The van der Waals surface area contributed by atoms with Crippen LogP contribution < -0.4 is 14.8 Å². The van der Waals surface area contributed by atoms with Crippen LogP contribution in [-0.4, -0.2) is 26.9 Å². The minimum Gasteiger partial charge on any atom is -0.497 e. The first kappa shape index (κ1) is 21.6. The second kappa shape index (κ2) is 9.38. The van der Waals surface area contributed by atoms with Crippen LogP contribution in [0.15, 0.2) is 103 Å². The molecule has 0 fully saturated rings. The number of nitrogens with zero attached hydrogens (tertiary/aromatic N) is 4. The lowest BCUT2D eigenvalue weighted by Crippen LogP contribution is -2.03. The third-order valence-electron chi connectivity index (χ3n) is 5.96. The highest BCUT2D eigenvalue weighted by Gasteiger charge is 2.16. The zero-order valence-corrected chi connectivity index (χ0v) is 19.6. The standard InChI is InChI=1S/C29H23N5O2/c1-35-23-16-14-21(15-17-23)28-31-32-29-26-13-6-5-12-25(26)27(33-34(28)29)30-22-10-7-11-24(18-22)36-19-20-8-3-2-4-9-20/h2-18H,19H2,1H3,(H,30,33). The fourth-order valence-corrected chi connectivity index (χ4v) is 4.13. The van der Waals surface area contributed by atoms with Gasteiger partial charge in [-0.05, 0) is 42.0 Å². The van der Waals surface area contributed by atoms with Gasteiger partial charge in [0, 0.05) is 28.1 Å². The van der Waals surface area contributed by atoms with Crippen molar-refractivity contribution >= 4 is 27.9 Å². The molecule has 6 rings (SSSR count). The molecular weight excluding hydrogens is 450 g/mol. The van der Waals surface area contributed by atoms with E-state index in [4.69, 9.17) is 14.6 Å². The maximum Gasteiger partial charge on any atom is 0.186 e. The molecule has 0 spiro atoms. The molecule has 176 valence electrons. The van der Waals surface area contributed by atoms with E-state index >= 15 is 0 Å². The normalized spacial score (nSPS) is 11.0. The van der Waals surface area contributed by atoms with E-state index in [-0.39, 0.29) is 0 Å². The number of nitrogens with one attached hydrogen (secondary N) is 1. The smallest absolute Gasteiger partial charge is 0.186 e. The Balaban J connectivity index is 1.37. The van der Waals surface area contributed by atoms with Crippen molar-refractivity contribution in [3.63, 3.8) is 0 Å². The van der Waals surface area contributed by atoms with E-state index in [2.05, 4.69) is 15.5 Å². The van der Waals surface area contributed by atoms with E-state index in [9.17, 15) is 0 Å². The predicted octanol–water partition coefficient (Wildman–Crippen LogP) is 6.28. The number of anilines is 2. The summed E-state index contributed by atoms with van der Waals surface area (Å²) in [5.74, 6) is 2.91. The lowest BCUT2D eigenvalue weighted by Gasteiger charge is -2.12. The van der Waals surface area contributed by atoms with Gasteiger partial charge in [0.2, 0.25) is 0 Å². The van der Waals surface area contributed by atoms with Gasteiger partial charge in [-0.15, -0.1) is 15.3 Å². The van der Waals surface area contributed by atoms with Crippen molar-refractivity contribution in [3.05, 3.63) is 109 Å². The lowest BCUT2D eigenvalue weighted by atomic mass is 10.1. The fourth-order valence-electron chi connectivity index (χ4n) is 4.13. The number of fused-ring (bicyclic) bond motifs is 3. The Kier molecular flexibility index (Phi) is 5.63. The topological polar surface area (TPSA) is 73.6 Å². The van der Waals surface area contributed by atoms with Gasteiger partial charge in [0.15, 0.2) is 17.3 Å². The first-order valence-corrected chi connectivity index (χ1v) is 11.6. The summed E-state index contributed by atoms with van der Waals surface area (Å²) in [6.45, 7) is 0.503. The second-order valence-electron chi connectivity index (χ2n) is 8.31. The first-order chi connectivity index (χ1) is 17.8. The van der Waals surface area contributed by atoms with Crippen molar-refractivity contribution in [2.75, 3.05) is 12.4 Å². The van der Waals surface area contributed by atoms with Gasteiger partial charge in [0.05, 0.1) is 7.11 Å². The molecule has 0 aliphatic rings. The summed E-state index contributed by atoms with van der Waals surface area (Å²) in [5.41, 5.74) is 3.58. The molecule has 4 aromatic carbocycles.